The molecule has 2 nitrogen and oxygen atoms in total. The van der Waals surface area contributed by atoms with E-state index in [9.17, 15) is 0 Å². The van der Waals surface area contributed by atoms with Crippen LogP contribution in [0.25, 0.3) is 22.4 Å². The van der Waals surface area contributed by atoms with Gasteiger partial charge in [0.1, 0.15) is 5.82 Å². The van der Waals surface area contributed by atoms with Gasteiger partial charge in [-0.1, -0.05) is 48.9 Å². The van der Waals surface area contributed by atoms with Gasteiger partial charge < -0.3 is 4.57 Å². The van der Waals surface area contributed by atoms with Crippen LogP contribution in [0.3, 0.4) is 0 Å². The van der Waals surface area contributed by atoms with Crippen LogP contribution in [0, 0.1) is 0 Å². The van der Waals surface area contributed by atoms with Gasteiger partial charge in [-0.15, -0.1) is 0 Å². The maximum absolute atomic E-state index is 4.90. The number of para-hydroxylation sites is 1. The fourth-order valence-corrected chi connectivity index (χ4v) is 3.25. The molecule has 1 aromatic heterocycles. The van der Waals surface area contributed by atoms with Gasteiger partial charge in [0.05, 0.1) is 11.0 Å². The van der Waals surface area contributed by atoms with Crippen molar-refractivity contribution in [3.05, 3.63) is 54.1 Å². The average molecular weight is 262 g/mol. The van der Waals surface area contributed by atoms with Crippen LogP contribution in [0.1, 0.15) is 24.8 Å². The molecular formula is C18H18N2. The first-order valence-corrected chi connectivity index (χ1v) is 7.47. The van der Waals surface area contributed by atoms with Crippen molar-refractivity contribution in [2.45, 2.75) is 32.2 Å². The summed E-state index contributed by atoms with van der Waals surface area (Å²) in [4.78, 5) is 4.90. The number of aryl methyl sites for hydroxylation is 2. The normalized spacial score (nSPS) is 15.0. The lowest BCUT2D eigenvalue weighted by Crippen LogP contribution is -2.05. The van der Waals surface area contributed by atoms with Crippen LogP contribution in [-0.4, -0.2) is 9.55 Å². The van der Waals surface area contributed by atoms with Crippen LogP contribution in [0.2, 0.25) is 0 Å². The van der Waals surface area contributed by atoms with Crippen LogP contribution in [0.4, 0.5) is 0 Å². The Labute approximate surface area is 119 Å². The number of hydrogen-bond donors (Lipinski definition) is 0. The summed E-state index contributed by atoms with van der Waals surface area (Å²) in [5, 5.41) is 0. The highest BCUT2D eigenvalue weighted by molar-refractivity contribution is 5.83. The zero-order chi connectivity index (χ0) is 13.4. The van der Waals surface area contributed by atoms with Gasteiger partial charge in [-0.2, -0.15) is 0 Å². The summed E-state index contributed by atoms with van der Waals surface area (Å²) < 4.78 is 2.43. The molecule has 3 aromatic rings. The zero-order valence-corrected chi connectivity index (χ0v) is 11.5. The molecule has 2 aromatic carbocycles. The molecule has 4 rings (SSSR count). The summed E-state index contributed by atoms with van der Waals surface area (Å²) in [6, 6.07) is 17.1. The second-order valence-electron chi connectivity index (χ2n) is 5.55. The Kier molecular flexibility index (Phi) is 2.80. The molecule has 2 heterocycles. The Morgan fingerprint density at radius 1 is 0.850 bits per heavy atom. The van der Waals surface area contributed by atoms with E-state index < -0.39 is 0 Å². The maximum Gasteiger partial charge on any atom is 0.141 e. The van der Waals surface area contributed by atoms with E-state index in [1.165, 1.54) is 42.3 Å². The number of benzene rings is 2. The van der Waals surface area contributed by atoms with Crippen molar-refractivity contribution in [2.24, 2.45) is 0 Å². The van der Waals surface area contributed by atoms with E-state index in [0.717, 1.165) is 17.9 Å². The van der Waals surface area contributed by atoms with Crippen molar-refractivity contribution in [2.75, 3.05) is 0 Å². The van der Waals surface area contributed by atoms with Gasteiger partial charge in [0.2, 0.25) is 0 Å². The van der Waals surface area contributed by atoms with Crippen LogP contribution >= 0.6 is 0 Å². The van der Waals surface area contributed by atoms with E-state index >= 15 is 0 Å². The molecule has 0 spiro atoms. The number of hydrogen-bond acceptors (Lipinski definition) is 1. The largest absolute Gasteiger partial charge is 0.324 e. The minimum Gasteiger partial charge on any atom is -0.324 e. The van der Waals surface area contributed by atoms with E-state index in [1.807, 2.05) is 0 Å². The molecule has 20 heavy (non-hydrogen) atoms. The third-order valence-electron chi connectivity index (χ3n) is 4.21. The molecule has 0 unspecified atom stereocenters. The van der Waals surface area contributed by atoms with Crippen LogP contribution in [0.5, 0.6) is 0 Å². The highest BCUT2D eigenvalue weighted by Gasteiger charge is 2.16. The van der Waals surface area contributed by atoms with Crippen molar-refractivity contribution in [3.63, 3.8) is 0 Å². The fourth-order valence-electron chi connectivity index (χ4n) is 3.25. The lowest BCUT2D eigenvalue weighted by Gasteiger charge is -2.15. The van der Waals surface area contributed by atoms with Gasteiger partial charge in [0, 0.05) is 12.1 Å². The van der Waals surface area contributed by atoms with E-state index in [2.05, 4.69) is 53.1 Å². The Hall–Kier alpha value is -2.09. The van der Waals surface area contributed by atoms with E-state index in [4.69, 9.17) is 4.98 Å². The van der Waals surface area contributed by atoms with Gasteiger partial charge in [-0.05, 0) is 30.9 Å². The Balaban J connectivity index is 2.01. The lowest BCUT2D eigenvalue weighted by molar-refractivity contribution is 0.586. The van der Waals surface area contributed by atoms with Gasteiger partial charge in [0.15, 0.2) is 0 Å². The smallest absolute Gasteiger partial charge is 0.141 e. The first-order valence-electron chi connectivity index (χ1n) is 7.47. The molecule has 0 atom stereocenters. The molecule has 0 N–H and O–H groups in total. The van der Waals surface area contributed by atoms with Gasteiger partial charge in [0.25, 0.3) is 0 Å². The minimum atomic E-state index is 1.08. The minimum absolute atomic E-state index is 1.08. The second-order valence-corrected chi connectivity index (χ2v) is 5.55. The fraction of sp³-hybridized carbons (Fsp3) is 0.278. The predicted molar refractivity (Wildman–Crippen MR) is 82.7 cm³/mol. The molecule has 0 saturated heterocycles. The quantitative estimate of drug-likeness (QED) is 0.634. The van der Waals surface area contributed by atoms with Gasteiger partial charge in [-0.25, -0.2) is 4.98 Å². The van der Waals surface area contributed by atoms with Crippen molar-refractivity contribution in [1.82, 2.24) is 9.55 Å². The number of aromatic nitrogens is 2. The van der Waals surface area contributed by atoms with Crippen LogP contribution in [-0.2, 0) is 13.0 Å². The first-order chi connectivity index (χ1) is 9.93. The highest BCUT2D eigenvalue weighted by atomic mass is 15.1. The third kappa shape index (κ3) is 1.83. The number of nitrogens with zero attached hydrogens (tertiary/aromatic N) is 2. The topological polar surface area (TPSA) is 17.8 Å². The highest BCUT2D eigenvalue weighted by Crippen LogP contribution is 2.29. The monoisotopic (exact) mass is 262 g/mol. The Bertz CT molecular complexity index is 741. The molecule has 100 valence electrons. The summed E-state index contributed by atoms with van der Waals surface area (Å²) in [5.41, 5.74) is 5.17. The molecular weight excluding hydrogens is 244 g/mol. The molecule has 0 amide bonds. The summed E-state index contributed by atoms with van der Waals surface area (Å²) >= 11 is 0. The van der Waals surface area contributed by atoms with Crippen LogP contribution in [0.15, 0.2) is 48.5 Å². The number of rotatable bonds is 1. The van der Waals surface area contributed by atoms with Crippen LogP contribution < -0.4 is 0 Å². The zero-order valence-electron chi connectivity index (χ0n) is 11.5. The SMILES string of the molecule is c1ccc(-c2nc3cccc4c3n2CCCCC4)cc1. The lowest BCUT2D eigenvalue weighted by atomic mass is 10.0. The van der Waals surface area contributed by atoms with Crippen molar-refractivity contribution in [1.29, 1.82) is 0 Å². The average Bonchev–Trinajstić information content (AvgIpc) is 2.84. The van der Waals surface area contributed by atoms with E-state index in [-0.39, 0.29) is 0 Å². The Morgan fingerprint density at radius 3 is 2.65 bits per heavy atom. The maximum atomic E-state index is 4.90. The van der Waals surface area contributed by atoms with Gasteiger partial charge >= 0.3 is 0 Å². The van der Waals surface area contributed by atoms with Crippen molar-refractivity contribution >= 4 is 11.0 Å². The standard InChI is InChI=1S/C18H18N2/c1-3-9-15(10-4-1)18-19-16-12-7-11-14-8-5-2-6-13-20(18)17(14)16/h1,3-4,7,9-12H,2,5-6,8,13H2. The molecule has 0 fully saturated rings. The molecule has 0 bridgehead atoms. The van der Waals surface area contributed by atoms with Crippen molar-refractivity contribution in [3.8, 4) is 11.4 Å². The second kappa shape index (κ2) is 4.78. The molecule has 1 aliphatic rings. The molecule has 2 heteroatoms. The summed E-state index contributed by atoms with van der Waals surface area (Å²) in [7, 11) is 0. The Morgan fingerprint density at radius 2 is 1.75 bits per heavy atom. The molecule has 0 radical (unpaired) electrons. The van der Waals surface area contributed by atoms with Gasteiger partial charge in [-0.3, -0.25) is 0 Å². The predicted octanol–water partition coefficient (Wildman–Crippen LogP) is 4.43. The van der Waals surface area contributed by atoms with E-state index in [0.29, 0.717) is 0 Å². The van der Waals surface area contributed by atoms with Crippen molar-refractivity contribution < 1.29 is 0 Å². The summed E-state index contributed by atoms with van der Waals surface area (Å²) in [6.45, 7) is 1.08. The summed E-state index contributed by atoms with van der Waals surface area (Å²) in [5.74, 6) is 1.12. The number of imidazole rings is 1. The molecule has 0 saturated carbocycles. The van der Waals surface area contributed by atoms with E-state index in [1.54, 1.807) is 0 Å². The summed E-state index contributed by atoms with van der Waals surface area (Å²) in [6.07, 6.45) is 5.03. The molecule has 0 aliphatic carbocycles. The molecule has 1 aliphatic heterocycles. The third-order valence-corrected chi connectivity index (χ3v) is 4.21. The first kappa shape index (κ1) is 11.7.